The third-order valence-corrected chi connectivity index (χ3v) is 3.71. The number of nitrogens with zero attached hydrogens (tertiary/aromatic N) is 2. The molecule has 1 aromatic rings. The van der Waals surface area contributed by atoms with Gasteiger partial charge in [-0.05, 0) is 26.4 Å². The highest BCUT2D eigenvalue weighted by molar-refractivity contribution is 7.09. The number of unbranched alkanes of at least 4 members (excludes halogenated alkanes) is 1. The van der Waals surface area contributed by atoms with Crippen molar-refractivity contribution >= 4 is 11.3 Å². The molecule has 0 aliphatic heterocycles. The van der Waals surface area contributed by atoms with Gasteiger partial charge in [0.2, 0.25) is 0 Å². The molecule has 0 aromatic carbocycles. The summed E-state index contributed by atoms with van der Waals surface area (Å²) in [6.45, 7) is 9.62. The molecule has 0 bridgehead atoms. The molecule has 0 aliphatic rings. The van der Waals surface area contributed by atoms with Crippen LogP contribution in [0, 0.1) is 0 Å². The molecule has 4 heteroatoms. The van der Waals surface area contributed by atoms with Crippen LogP contribution in [0.25, 0.3) is 0 Å². The molecular weight excluding hydrogens is 218 g/mol. The molecule has 1 heterocycles. The van der Waals surface area contributed by atoms with Gasteiger partial charge in [0.25, 0.3) is 0 Å². The summed E-state index contributed by atoms with van der Waals surface area (Å²) in [5.74, 6) is 0. The van der Waals surface area contributed by atoms with Gasteiger partial charge < -0.3 is 5.73 Å². The van der Waals surface area contributed by atoms with Crippen molar-refractivity contribution in [2.75, 3.05) is 13.1 Å². The first-order chi connectivity index (χ1) is 7.67. The Morgan fingerprint density at radius 2 is 2.25 bits per heavy atom. The standard InChI is InChI=1S/C12H23N3S/c1-4-6-7-15(5-2)8-11-9-16-12(14-11)10(3)13/h9-10H,4-8,13H2,1-3H3. The van der Waals surface area contributed by atoms with Crippen LogP contribution in [0.1, 0.15) is 50.4 Å². The molecule has 1 unspecified atom stereocenters. The summed E-state index contributed by atoms with van der Waals surface area (Å²) in [7, 11) is 0. The van der Waals surface area contributed by atoms with Gasteiger partial charge in [-0.3, -0.25) is 4.90 Å². The average molecular weight is 241 g/mol. The van der Waals surface area contributed by atoms with E-state index in [1.165, 1.54) is 12.8 Å². The molecule has 0 aliphatic carbocycles. The van der Waals surface area contributed by atoms with Crippen molar-refractivity contribution in [1.82, 2.24) is 9.88 Å². The molecule has 0 fully saturated rings. The van der Waals surface area contributed by atoms with Crippen LogP contribution in [0.3, 0.4) is 0 Å². The van der Waals surface area contributed by atoms with Crippen molar-refractivity contribution in [2.45, 2.75) is 46.2 Å². The molecule has 1 rings (SSSR count). The van der Waals surface area contributed by atoms with Gasteiger partial charge in [0.1, 0.15) is 5.01 Å². The molecule has 16 heavy (non-hydrogen) atoms. The quantitative estimate of drug-likeness (QED) is 0.798. The molecule has 92 valence electrons. The molecule has 1 atom stereocenters. The van der Waals surface area contributed by atoms with E-state index in [4.69, 9.17) is 5.73 Å². The summed E-state index contributed by atoms with van der Waals surface area (Å²) in [4.78, 5) is 6.99. The zero-order valence-corrected chi connectivity index (χ0v) is 11.4. The predicted octanol–water partition coefficient (Wildman–Crippen LogP) is 2.78. The zero-order valence-electron chi connectivity index (χ0n) is 10.6. The molecule has 1 aromatic heterocycles. The summed E-state index contributed by atoms with van der Waals surface area (Å²) in [6.07, 6.45) is 2.51. The number of nitrogens with two attached hydrogens (primary N) is 1. The van der Waals surface area contributed by atoms with E-state index in [1.807, 2.05) is 6.92 Å². The number of aromatic nitrogens is 1. The van der Waals surface area contributed by atoms with E-state index in [2.05, 4.69) is 29.1 Å². The normalized spacial score (nSPS) is 13.3. The lowest BCUT2D eigenvalue weighted by atomic mass is 10.3. The van der Waals surface area contributed by atoms with E-state index in [-0.39, 0.29) is 6.04 Å². The lowest BCUT2D eigenvalue weighted by Gasteiger charge is -2.18. The van der Waals surface area contributed by atoms with Crippen molar-refractivity contribution in [1.29, 1.82) is 0 Å². The van der Waals surface area contributed by atoms with Crippen molar-refractivity contribution in [2.24, 2.45) is 5.73 Å². The second kappa shape index (κ2) is 6.99. The minimum Gasteiger partial charge on any atom is -0.322 e. The van der Waals surface area contributed by atoms with Gasteiger partial charge in [0, 0.05) is 11.9 Å². The van der Waals surface area contributed by atoms with Crippen LogP contribution in [-0.2, 0) is 6.54 Å². The van der Waals surface area contributed by atoms with Crippen molar-refractivity contribution in [3.63, 3.8) is 0 Å². The van der Waals surface area contributed by atoms with Crippen molar-refractivity contribution in [3.8, 4) is 0 Å². The fourth-order valence-electron chi connectivity index (χ4n) is 1.56. The minimum absolute atomic E-state index is 0.0597. The first-order valence-corrected chi connectivity index (χ1v) is 6.97. The highest BCUT2D eigenvalue weighted by Crippen LogP contribution is 2.17. The van der Waals surface area contributed by atoms with E-state index in [0.29, 0.717) is 0 Å². The number of rotatable bonds is 7. The Labute approximate surface area is 103 Å². The molecule has 0 radical (unpaired) electrons. The maximum absolute atomic E-state index is 5.80. The molecule has 0 spiro atoms. The maximum Gasteiger partial charge on any atom is 0.109 e. The van der Waals surface area contributed by atoms with Crippen molar-refractivity contribution < 1.29 is 0 Å². The fourth-order valence-corrected chi connectivity index (χ4v) is 2.33. The molecule has 3 nitrogen and oxygen atoms in total. The monoisotopic (exact) mass is 241 g/mol. The summed E-state index contributed by atoms with van der Waals surface area (Å²) in [5.41, 5.74) is 6.97. The van der Waals surface area contributed by atoms with E-state index in [1.54, 1.807) is 11.3 Å². The summed E-state index contributed by atoms with van der Waals surface area (Å²) in [5, 5.41) is 3.18. The van der Waals surface area contributed by atoms with Gasteiger partial charge >= 0.3 is 0 Å². The number of thiazole rings is 1. The molecule has 2 N–H and O–H groups in total. The van der Waals surface area contributed by atoms with E-state index < -0.39 is 0 Å². The Hall–Kier alpha value is -0.450. The number of hydrogen-bond acceptors (Lipinski definition) is 4. The minimum atomic E-state index is 0.0597. The lowest BCUT2D eigenvalue weighted by molar-refractivity contribution is 0.272. The van der Waals surface area contributed by atoms with Gasteiger partial charge in [0.05, 0.1) is 11.7 Å². The van der Waals surface area contributed by atoms with Crippen LogP contribution in [-0.4, -0.2) is 23.0 Å². The first-order valence-electron chi connectivity index (χ1n) is 6.09. The Balaban J connectivity index is 2.49. The van der Waals surface area contributed by atoms with Crippen LogP contribution >= 0.6 is 11.3 Å². The predicted molar refractivity (Wildman–Crippen MR) is 70.6 cm³/mol. The molecule has 0 saturated heterocycles. The Morgan fingerprint density at radius 3 is 2.75 bits per heavy atom. The third-order valence-electron chi connectivity index (χ3n) is 2.62. The average Bonchev–Trinajstić information content (AvgIpc) is 2.72. The van der Waals surface area contributed by atoms with Crippen LogP contribution in [0.5, 0.6) is 0 Å². The fraction of sp³-hybridized carbons (Fsp3) is 0.750. The smallest absolute Gasteiger partial charge is 0.109 e. The van der Waals surface area contributed by atoms with Gasteiger partial charge in [0.15, 0.2) is 0 Å². The van der Waals surface area contributed by atoms with Crippen LogP contribution in [0.2, 0.25) is 0 Å². The summed E-state index contributed by atoms with van der Waals surface area (Å²) < 4.78 is 0. The molecule has 0 amide bonds. The summed E-state index contributed by atoms with van der Waals surface area (Å²) in [6, 6.07) is 0.0597. The highest BCUT2D eigenvalue weighted by Gasteiger charge is 2.09. The second-order valence-electron chi connectivity index (χ2n) is 4.19. The largest absolute Gasteiger partial charge is 0.322 e. The van der Waals surface area contributed by atoms with Gasteiger partial charge in [-0.1, -0.05) is 20.3 Å². The van der Waals surface area contributed by atoms with Gasteiger partial charge in [-0.15, -0.1) is 11.3 Å². The van der Waals surface area contributed by atoms with Crippen LogP contribution in [0.15, 0.2) is 5.38 Å². The van der Waals surface area contributed by atoms with E-state index in [9.17, 15) is 0 Å². The second-order valence-corrected chi connectivity index (χ2v) is 5.08. The molecule has 0 saturated carbocycles. The Morgan fingerprint density at radius 1 is 1.50 bits per heavy atom. The van der Waals surface area contributed by atoms with Gasteiger partial charge in [-0.2, -0.15) is 0 Å². The van der Waals surface area contributed by atoms with Crippen LogP contribution in [0.4, 0.5) is 0 Å². The van der Waals surface area contributed by atoms with E-state index in [0.717, 1.165) is 30.3 Å². The highest BCUT2D eigenvalue weighted by atomic mass is 32.1. The van der Waals surface area contributed by atoms with Gasteiger partial charge in [-0.25, -0.2) is 4.98 Å². The number of hydrogen-bond donors (Lipinski definition) is 1. The zero-order chi connectivity index (χ0) is 12.0. The van der Waals surface area contributed by atoms with E-state index >= 15 is 0 Å². The van der Waals surface area contributed by atoms with Crippen molar-refractivity contribution in [3.05, 3.63) is 16.1 Å². The summed E-state index contributed by atoms with van der Waals surface area (Å²) >= 11 is 1.67. The third kappa shape index (κ3) is 4.20. The lowest BCUT2D eigenvalue weighted by Crippen LogP contribution is -2.24. The Bertz CT molecular complexity index is 296. The van der Waals surface area contributed by atoms with Crippen LogP contribution < -0.4 is 5.73 Å². The first kappa shape index (κ1) is 13.6. The topological polar surface area (TPSA) is 42.1 Å². The SMILES string of the molecule is CCCCN(CC)Cc1csc(C(C)N)n1. The Kier molecular flexibility index (Phi) is 5.95. The molecular formula is C12H23N3S. The maximum atomic E-state index is 5.80.